The molecule has 0 bridgehead atoms. The number of amides is 1. The number of likely N-dealkylation sites (tertiary alicyclic amines) is 1. The summed E-state index contributed by atoms with van der Waals surface area (Å²) in [6, 6.07) is 11.1. The van der Waals surface area contributed by atoms with E-state index in [1.807, 2.05) is 44.6 Å². The van der Waals surface area contributed by atoms with Crippen LogP contribution in [0.5, 0.6) is 0 Å². The summed E-state index contributed by atoms with van der Waals surface area (Å²) in [6.45, 7) is 2.57. The smallest absolute Gasteiger partial charge is 0.260 e. The van der Waals surface area contributed by atoms with Crippen molar-refractivity contribution in [3.8, 4) is 0 Å². The fourth-order valence-corrected chi connectivity index (χ4v) is 5.31. The van der Waals surface area contributed by atoms with Gasteiger partial charge in [-0.3, -0.25) is 4.79 Å². The molecule has 1 amide bonds. The third kappa shape index (κ3) is 3.43. The quantitative estimate of drug-likeness (QED) is 0.827. The monoisotopic (exact) mass is 405 g/mol. The van der Waals surface area contributed by atoms with E-state index in [9.17, 15) is 4.79 Å². The number of pyridine rings is 1. The van der Waals surface area contributed by atoms with Crippen molar-refractivity contribution in [2.45, 2.75) is 50.6 Å². The second kappa shape index (κ2) is 7.91. The van der Waals surface area contributed by atoms with Gasteiger partial charge < -0.3 is 20.0 Å². The molecular formula is C24H31N5O. The van der Waals surface area contributed by atoms with Gasteiger partial charge in [-0.2, -0.15) is 0 Å². The van der Waals surface area contributed by atoms with E-state index in [1.54, 1.807) is 4.90 Å². The second-order valence-electron chi connectivity index (χ2n) is 8.89. The van der Waals surface area contributed by atoms with Crippen LogP contribution in [0.15, 0.2) is 36.5 Å². The number of hydrogen-bond acceptors (Lipinski definition) is 5. The van der Waals surface area contributed by atoms with E-state index in [1.165, 1.54) is 51.6 Å². The van der Waals surface area contributed by atoms with Crippen molar-refractivity contribution in [3.63, 3.8) is 0 Å². The Morgan fingerprint density at radius 2 is 1.67 bits per heavy atom. The highest BCUT2D eigenvalue weighted by atomic mass is 16.2. The molecule has 1 saturated carbocycles. The van der Waals surface area contributed by atoms with Crippen LogP contribution < -0.4 is 15.1 Å². The van der Waals surface area contributed by atoms with E-state index in [4.69, 9.17) is 0 Å². The largest absolute Gasteiger partial charge is 0.367 e. The Kier molecular flexibility index (Phi) is 5.11. The minimum atomic E-state index is -0.000978. The zero-order valence-corrected chi connectivity index (χ0v) is 18.0. The van der Waals surface area contributed by atoms with E-state index >= 15 is 0 Å². The number of para-hydroxylation sites is 1. The Morgan fingerprint density at radius 1 is 0.933 bits per heavy atom. The number of aromatic nitrogens is 1. The van der Waals surface area contributed by atoms with Crippen molar-refractivity contribution in [2.24, 2.45) is 0 Å². The molecule has 3 aliphatic rings. The number of nitrogens with one attached hydrogen (secondary N) is 1. The highest BCUT2D eigenvalue weighted by molar-refractivity contribution is 6.13. The van der Waals surface area contributed by atoms with E-state index in [0.717, 1.165) is 28.9 Å². The minimum absolute atomic E-state index is 0.000978. The highest BCUT2D eigenvalue weighted by Gasteiger charge is 2.29. The number of rotatable bonds is 3. The van der Waals surface area contributed by atoms with Crippen molar-refractivity contribution >= 4 is 28.8 Å². The minimum Gasteiger partial charge on any atom is -0.367 e. The lowest BCUT2D eigenvalue weighted by molar-refractivity contribution is 0.0994. The first-order chi connectivity index (χ1) is 14.6. The molecule has 1 aromatic carbocycles. The molecule has 6 heteroatoms. The van der Waals surface area contributed by atoms with Crippen LogP contribution in [-0.2, 0) is 0 Å². The van der Waals surface area contributed by atoms with Crippen LogP contribution in [0, 0.1) is 0 Å². The van der Waals surface area contributed by atoms with Crippen LogP contribution >= 0.6 is 0 Å². The Morgan fingerprint density at radius 3 is 2.43 bits per heavy atom. The second-order valence-corrected chi connectivity index (χ2v) is 8.89. The number of fused-ring (bicyclic) bond motifs is 2. The fourth-order valence-electron chi connectivity index (χ4n) is 5.31. The molecule has 30 heavy (non-hydrogen) atoms. The Balaban J connectivity index is 1.34. The van der Waals surface area contributed by atoms with Gasteiger partial charge in [0.2, 0.25) is 0 Å². The predicted molar refractivity (Wildman–Crippen MR) is 122 cm³/mol. The third-order valence-electron chi connectivity index (χ3n) is 7.09. The molecule has 1 N–H and O–H groups in total. The molecular weight excluding hydrogens is 374 g/mol. The van der Waals surface area contributed by atoms with Gasteiger partial charge in [0.15, 0.2) is 0 Å². The zero-order valence-electron chi connectivity index (χ0n) is 18.0. The van der Waals surface area contributed by atoms with Gasteiger partial charge in [0.1, 0.15) is 5.82 Å². The summed E-state index contributed by atoms with van der Waals surface area (Å²) < 4.78 is 0. The molecule has 0 spiro atoms. The van der Waals surface area contributed by atoms with Crippen LogP contribution in [0.4, 0.5) is 22.9 Å². The lowest BCUT2D eigenvalue weighted by Gasteiger charge is -2.35. The van der Waals surface area contributed by atoms with Gasteiger partial charge in [-0.05, 0) is 63.7 Å². The highest BCUT2D eigenvalue weighted by Crippen LogP contribution is 2.40. The molecule has 0 unspecified atom stereocenters. The summed E-state index contributed by atoms with van der Waals surface area (Å²) in [4.78, 5) is 24.1. The molecule has 0 radical (unpaired) electrons. The van der Waals surface area contributed by atoms with Crippen LogP contribution in [0.25, 0.3) is 0 Å². The number of hydrogen-bond donors (Lipinski definition) is 1. The summed E-state index contributed by atoms with van der Waals surface area (Å²) in [6.07, 6.45) is 9.48. The molecule has 2 aromatic rings. The lowest BCUT2D eigenvalue weighted by atomic mass is 9.90. The molecule has 3 heterocycles. The average molecular weight is 406 g/mol. The van der Waals surface area contributed by atoms with Crippen molar-refractivity contribution in [3.05, 3.63) is 42.1 Å². The van der Waals surface area contributed by atoms with Gasteiger partial charge in [-0.25, -0.2) is 4.98 Å². The van der Waals surface area contributed by atoms with Crippen molar-refractivity contribution in [1.29, 1.82) is 0 Å². The molecule has 0 atom stereocenters. The molecule has 1 saturated heterocycles. The van der Waals surface area contributed by atoms with Crippen LogP contribution in [0.3, 0.4) is 0 Å². The molecule has 6 nitrogen and oxygen atoms in total. The maximum absolute atomic E-state index is 12.9. The first-order valence-electron chi connectivity index (χ1n) is 11.2. The Hall–Kier alpha value is -2.60. The lowest BCUT2D eigenvalue weighted by Crippen LogP contribution is -2.39. The SMILES string of the molecule is CN1C(=O)c2ccccc2N(C)c2cc(N[C@H]3CC[C@H](N4CCCC4)CC3)ncc21. The van der Waals surface area contributed by atoms with E-state index in [-0.39, 0.29) is 5.91 Å². The van der Waals surface area contributed by atoms with Crippen LogP contribution in [-0.4, -0.2) is 55.1 Å². The summed E-state index contributed by atoms with van der Waals surface area (Å²) in [7, 11) is 3.85. The van der Waals surface area contributed by atoms with E-state index in [2.05, 4.69) is 26.2 Å². The maximum Gasteiger partial charge on any atom is 0.260 e. The van der Waals surface area contributed by atoms with Gasteiger partial charge in [0, 0.05) is 32.2 Å². The fraction of sp³-hybridized carbons (Fsp3) is 0.500. The Labute approximate surface area is 178 Å². The summed E-state index contributed by atoms with van der Waals surface area (Å²) in [5.41, 5.74) is 3.48. The first-order valence-corrected chi connectivity index (χ1v) is 11.2. The van der Waals surface area contributed by atoms with Crippen LogP contribution in [0.2, 0.25) is 0 Å². The summed E-state index contributed by atoms with van der Waals surface area (Å²) in [5.74, 6) is 0.893. The van der Waals surface area contributed by atoms with Gasteiger partial charge in [0.25, 0.3) is 5.91 Å². The number of carbonyl (C=O) groups excluding carboxylic acids is 1. The van der Waals surface area contributed by atoms with Gasteiger partial charge >= 0.3 is 0 Å². The van der Waals surface area contributed by atoms with Gasteiger partial charge in [-0.15, -0.1) is 0 Å². The molecule has 1 aromatic heterocycles. The molecule has 2 fully saturated rings. The molecule has 158 valence electrons. The van der Waals surface area contributed by atoms with E-state index < -0.39 is 0 Å². The number of nitrogens with zero attached hydrogens (tertiary/aromatic N) is 4. The van der Waals surface area contributed by atoms with Gasteiger partial charge in [-0.1, -0.05) is 12.1 Å². The molecule has 2 aliphatic heterocycles. The van der Waals surface area contributed by atoms with Crippen molar-refractivity contribution in [1.82, 2.24) is 9.88 Å². The van der Waals surface area contributed by atoms with Crippen molar-refractivity contribution in [2.75, 3.05) is 42.3 Å². The first kappa shape index (κ1) is 19.4. The van der Waals surface area contributed by atoms with Crippen LogP contribution in [0.1, 0.15) is 48.9 Å². The predicted octanol–water partition coefficient (Wildman–Crippen LogP) is 4.26. The molecule has 1 aliphatic carbocycles. The van der Waals surface area contributed by atoms with E-state index in [0.29, 0.717) is 11.6 Å². The average Bonchev–Trinajstić information content (AvgIpc) is 3.31. The maximum atomic E-state index is 12.9. The number of benzene rings is 1. The zero-order chi connectivity index (χ0) is 20.7. The third-order valence-corrected chi connectivity index (χ3v) is 7.09. The standard InChI is InChI=1S/C24H31N5O/c1-27-20-8-4-3-7-19(20)24(30)28(2)22-16-25-23(15-21(22)27)26-17-9-11-18(12-10-17)29-13-5-6-14-29/h3-4,7-8,15-18H,5-6,9-14H2,1-2H3,(H,25,26)/t17-,18-. The molecule has 5 rings (SSSR count). The number of carbonyl (C=O) groups is 1. The normalized spacial score (nSPS) is 24.4. The topological polar surface area (TPSA) is 51.7 Å². The van der Waals surface area contributed by atoms with Crippen molar-refractivity contribution < 1.29 is 4.79 Å². The van der Waals surface area contributed by atoms with Gasteiger partial charge in [0.05, 0.1) is 28.8 Å². The number of anilines is 4. The Bertz CT molecular complexity index is 931. The summed E-state index contributed by atoms with van der Waals surface area (Å²) in [5, 5.41) is 3.67. The summed E-state index contributed by atoms with van der Waals surface area (Å²) >= 11 is 0.